The summed E-state index contributed by atoms with van der Waals surface area (Å²) in [6.07, 6.45) is -0.641. The van der Waals surface area contributed by atoms with E-state index in [0.29, 0.717) is 15.0 Å². The van der Waals surface area contributed by atoms with Crippen molar-refractivity contribution >= 4 is 62.3 Å². The largest absolute Gasteiger partial charge is 0.357 e. The van der Waals surface area contributed by atoms with Crippen LogP contribution in [0.15, 0.2) is 6.33 Å². The molecule has 2 aliphatic rings. The van der Waals surface area contributed by atoms with Gasteiger partial charge in [-0.05, 0) is 36.4 Å². The Bertz CT molecular complexity index is 857. The summed E-state index contributed by atoms with van der Waals surface area (Å²) in [6.45, 7) is 3.65. The van der Waals surface area contributed by atoms with Crippen LogP contribution < -0.4 is 5.32 Å². The first-order valence-corrected chi connectivity index (χ1v) is 9.75. The first-order chi connectivity index (χ1) is 11.8. The van der Waals surface area contributed by atoms with Gasteiger partial charge in [-0.2, -0.15) is 0 Å². The predicted octanol–water partition coefficient (Wildman–Crippen LogP) is 1.20. The van der Waals surface area contributed by atoms with E-state index in [-0.39, 0.29) is 5.91 Å². The Labute approximate surface area is 170 Å². The molecule has 9 nitrogen and oxygen atoms in total. The van der Waals surface area contributed by atoms with Gasteiger partial charge in [0, 0.05) is 29.6 Å². The Kier molecular flexibility index (Phi) is 4.41. The highest BCUT2D eigenvalue weighted by molar-refractivity contribution is 14.1. The fraction of sp³-hybridized carbons (Fsp3) is 0.571. The summed E-state index contributed by atoms with van der Waals surface area (Å²) in [5.41, 5.74) is 1.32. The van der Waals surface area contributed by atoms with Crippen molar-refractivity contribution in [1.82, 2.24) is 24.8 Å². The van der Waals surface area contributed by atoms with E-state index < -0.39 is 30.3 Å². The number of carbonyl (C=O) groups is 1. The number of ether oxygens (including phenoxy) is 3. The fourth-order valence-electron chi connectivity index (χ4n) is 3.20. The molecule has 11 heteroatoms. The zero-order valence-corrected chi connectivity index (χ0v) is 17.9. The minimum atomic E-state index is -0.794. The monoisotopic (exact) mass is 571 g/mol. The van der Waals surface area contributed by atoms with Gasteiger partial charge in [0.25, 0.3) is 5.91 Å². The number of imidazole rings is 1. The third kappa shape index (κ3) is 2.93. The lowest BCUT2D eigenvalue weighted by atomic mass is 10.1. The van der Waals surface area contributed by atoms with Crippen molar-refractivity contribution in [3.8, 4) is 0 Å². The van der Waals surface area contributed by atoms with Crippen LogP contribution in [-0.4, -0.2) is 56.6 Å². The van der Waals surface area contributed by atoms with Gasteiger partial charge in [0.1, 0.15) is 21.4 Å². The Balaban J connectivity index is 1.79. The third-order valence-corrected chi connectivity index (χ3v) is 5.39. The molecule has 2 saturated heterocycles. The van der Waals surface area contributed by atoms with Crippen LogP contribution in [0.25, 0.3) is 11.2 Å². The number of hydrogen-bond donors (Lipinski definition) is 1. The van der Waals surface area contributed by atoms with Gasteiger partial charge in [-0.1, -0.05) is 0 Å². The molecular formula is C14H15I2N5O4. The first-order valence-electron chi connectivity index (χ1n) is 7.59. The van der Waals surface area contributed by atoms with Crippen LogP contribution in [0.1, 0.15) is 20.1 Å². The highest BCUT2D eigenvalue weighted by Gasteiger charge is 2.58. The summed E-state index contributed by atoms with van der Waals surface area (Å²) < 4.78 is 21.1. The number of aromatic nitrogens is 4. The maximum Gasteiger partial charge on any atom is 0.251 e. The standard InChI is InChI=1S/C14H15I2N5O4/c1-14(2)24-6-7(11(22)17-3)23-12(8(6)25-14)21-4-18-5-9(15)19-13(16)20-10(5)21/h4,6-8,12H,1-3H3,(H,17,22)/t6-,7+,8-,12-/m1/s1. The second kappa shape index (κ2) is 6.21. The van der Waals surface area contributed by atoms with Crippen molar-refractivity contribution in [2.24, 2.45) is 0 Å². The van der Waals surface area contributed by atoms with Gasteiger partial charge < -0.3 is 19.5 Å². The molecule has 2 aromatic rings. The van der Waals surface area contributed by atoms with Gasteiger partial charge in [-0.15, -0.1) is 0 Å². The van der Waals surface area contributed by atoms with E-state index in [4.69, 9.17) is 14.2 Å². The van der Waals surface area contributed by atoms with E-state index in [1.54, 1.807) is 17.9 Å². The topological polar surface area (TPSA) is 100 Å². The van der Waals surface area contributed by atoms with Crippen LogP contribution in [0.4, 0.5) is 0 Å². The predicted molar refractivity (Wildman–Crippen MR) is 103 cm³/mol. The van der Waals surface area contributed by atoms with Gasteiger partial charge in [0.2, 0.25) is 0 Å². The van der Waals surface area contributed by atoms with Gasteiger partial charge in [-0.25, -0.2) is 15.0 Å². The van der Waals surface area contributed by atoms with E-state index in [9.17, 15) is 4.79 Å². The Morgan fingerprint density at radius 2 is 2.00 bits per heavy atom. The summed E-state index contributed by atoms with van der Waals surface area (Å²) in [5, 5.41) is 2.62. The maximum absolute atomic E-state index is 12.2. The molecule has 0 bridgehead atoms. The molecule has 4 rings (SSSR count). The second-order valence-corrected chi connectivity index (χ2v) is 8.22. The first kappa shape index (κ1) is 17.8. The Hall–Kier alpha value is -0.640. The van der Waals surface area contributed by atoms with E-state index in [1.807, 2.05) is 13.8 Å². The fourth-order valence-corrected chi connectivity index (χ4v) is 4.74. The summed E-state index contributed by atoms with van der Waals surface area (Å²) in [5.74, 6) is -1.04. The van der Waals surface area contributed by atoms with Gasteiger partial charge in [0.15, 0.2) is 27.6 Å². The molecule has 4 atom stereocenters. The summed E-state index contributed by atoms with van der Waals surface area (Å²) in [4.78, 5) is 25.4. The minimum Gasteiger partial charge on any atom is -0.357 e. The average molecular weight is 571 g/mol. The molecule has 0 radical (unpaired) electrons. The molecule has 0 aromatic carbocycles. The van der Waals surface area contributed by atoms with Crippen molar-refractivity contribution in [1.29, 1.82) is 0 Å². The smallest absolute Gasteiger partial charge is 0.251 e. The molecular weight excluding hydrogens is 556 g/mol. The third-order valence-electron chi connectivity index (χ3n) is 4.16. The summed E-state index contributed by atoms with van der Waals surface area (Å²) >= 11 is 4.18. The number of rotatable bonds is 2. The number of nitrogens with zero attached hydrogens (tertiary/aromatic N) is 4. The molecule has 1 N–H and O–H groups in total. The van der Waals surface area contributed by atoms with Gasteiger partial charge >= 0.3 is 0 Å². The normalized spacial score (nSPS) is 30.6. The molecule has 2 fully saturated rings. The van der Waals surface area contributed by atoms with Crippen molar-refractivity contribution in [2.75, 3.05) is 7.05 Å². The number of hydrogen-bond acceptors (Lipinski definition) is 7. The SMILES string of the molecule is CNC(=O)[C@H]1O[C@@H](n2cnc3c(I)nc(I)nc32)[C@@H]2OC(C)(C)O[C@@H]21. The summed E-state index contributed by atoms with van der Waals surface area (Å²) in [6, 6.07) is 0. The number of halogens is 2. The van der Waals surface area contributed by atoms with E-state index in [1.165, 1.54) is 0 Å². The van der Waals surface area contributed by atoms with Crippen LogP contribution in [-0.2, 0) is 19.0 Å². The van der Waals surface area contributed by atoms with Crippen LogP contribution >= 0.6 is 45.2 Å². The lowest BCUT2D eigenvalue weighted by Gasteiger charge is -2.24. The number of likely N-dealkylation sites (N-methyl/N-ethyl adjacent to an activating group) is 1. The molecule has 0 aliphatic carbocycles. The quantitative estimate of drug-likeness (QED) is 0.329. The molecule has 134 valence electrons. The van der Waals surface area contributed by atoms with Crippen molar-refractivity contribution in [2.45, 2.75) is 44.2 Å². The lowest BCUT2D eigenvalue weighted by molar-refractivity contribution is -0.197. The minimum absolute atomic E-state index is 0.248. The van der Waals surface area contributed by atoms with E-state index >= 15 is 0 Å². The van der Waals surface area contributed by atoms with Gasteiger partial charge in [-0.3, -0.25) is 9.36 Å². The lowest BCUT2D eigenvalue weighted by Crippen LogP contribution is -2.41. The van der Waals surface area contributed by atoms with Crippen LogP contribution in [0.5, 0.6) is 0 Å². The van der Waals surface area contributed by atoms with Crippen molar-refractivity contribution in [3.05, 3.63) is 13.9 Å². The average Bonchev–Trinajstić information content (AvgIpc) is 3.17. The van der Waals surface area contributed by atoms with Crippen molar-refractivity contribution in [3.63, 3.8) is 0 Å². The molecule has 0 spiro atoms. The highest BCUT2D eigenvalue weighted by Crippen LogP contribution is 2.43. The number of nitrogens with one attached hydrogen (secondary N) is 1. The van der Waals surface area contributed by atoms with Crippen LogP contribution in [0, 0.1) is 7.53 Å². The maximum atomic E-state index is 12.2. The van der Waals surface area contributed by atoms with Crippen LogP contribution in [0.3, 0.4) is 0 Å². The summed E-state index contributed by atoms with van der Waals surface area (Å²) in [7, 11) is 1.57. The molecule has 0 saturated carbocycles. The molecule has 1 amide bonds. The number of amides is 1. The zero-order chi connectivity index (χ0) is 17.9. The highest BCUT2D eigenvalue weighted by atomic mass is 127. The van der Waals surface area contributed by atoms with Crippen LogP contribution in [0.2, 0.25) is 0 Å². The molecule has 2 aliphatic heterocycles. The Morgan fingerprint density at radius 1 is 1.28 bits per heavy atom. The molecule has 25 heavy (non-hydrogen) atoms. The second-order valence-electron chi connectivity index (χ2n) is 6.23. The number of carbonyl (C=O) groups excluding carboxylic acids is 1. The molecule has 4 heterocycles. The number of fused-ring (bicyclic) bond motifs is 2. The van der Waals surface area contributed by atoms with E-state index in [2.05, 4.69) is 65.5 Å². The molecule has 0 unspecified atom stereocenters. The van der Waals surface area contributed by atoms with E-state index in [0.717, 1.165) is 3.70 Å². The zero-order valence-electron chi connectivity index (χ0n) is 13.6. The van der Waals surface area contributed by atoms with Gasteiger partial charge in [0.05, 0.1) is 6.33 Å². The Morgan fingerprint density at radius 3 is 2.72 bits per heavy atom. The molecule has 2 aromatic heterocycles. The van der Waals surface area contributed by atoms with Crippen molar-refractivity contribution < 1.29 is 19.0 Å².